The first-order valence-corrected chi connectivity index (χ1v) is 6.90. The molecule has 0 aliphatic carbocycles. The maximum Gasteiger partial charge on any atom is 0.223 e. The van der Waals surface area contributed by atoms with Gasteiger partial charge in [0.15, 0.2) is 0 Å². The molecule has 1 aliphatic heterocycles. The first-order valence-electron chi connectivity index (χ1n) is 6.90. The Bertz CT molecular complexity index is 382. The van der Waals surface area contributed by atoms with E-state index in [1.165, 1.54) is 0 Å². The fourth-order valence-corrected chi connectivity index (χ4v) is 2.18. The molecular weight excluding hydrogens is 313 g/mol. The maximum atomic E-state index is 12.0. The lowest BCUT2D eigenvalue weighted by molar-refractivity contribution is -0.132. The summed E-state index contributed by atoms with van der Waals surface area (Å²) in [5.74, 6) is 0.271. The Morgan fingerprint density at radius 2 is 2.00 bits per heavy atom. The highest BCUT2D eigenvalue weighted by Gasteiger charge is 2.16. The van der Waals surface area contributed by atoms with E-state index in [0.717, 1.165) is 45.8 Å². The molecule has 1 aliphatic rings. The Morgan fingerprint density at radius 3 is 2.62 bits per heavy atom. The van der Waals surface area contributed by atoms with Crippen LogP contribution in [0.25, 0.3) is 0 Å². The number of nitrogens with zero attached hydrogens (tertiary/aromatic N) is 4. The number of likely N-dealkylation sites (N-methyl/N-ethyl adjacent to an activating group) is 1. The molecule has 0 unspecified atom stereocenters. The molecule has 21 heavy (non-hydrogen) atoms. The van der Waals surface area contributed by atoms with E-state index < -0.39 is 0 Å². The molecule has 8 heteroatoms. The van der Waals surface area contributed by atoms with Crippen LogP contribution < -0.4 is 5.32 Å². The van der Waals surface area contributed by atoms with Crippen molar-refractivity contribution in [3.05, 3.63) is 18.5 Å². The van der Waals surface area contributed by atoms with E-state index in [4.69, 9.17) is 0 Å². The largest absolute Gasteiger partial charge is 0.340 e. The van der Waals surface area contributed by atoms with Gasteiger partial charge in [0.2, 0.25) is 5.91 Å². The topological polar surface area (TPSA) is 53.4 Å². The zero-order chi connectivity index (χ0) is 13.5. The summed E-state index contributed by atoms with van der Waals surface area (Å²) < 4.78 is 1.91. The molecule has 0 atom stereocenters. The average molecular weight is 338 g/mol. The molecule has 1 amide bonds. The number of carbonyl (C=O) groups excluding carboxylic acids is 1. The predicted molar refractivity (Wildman–Crippen MR) is 88.3 cm³/mol. The molecule has 0 saturated carbocycles. The highest BCUT2D eigenvalue weighted by molar-refractivity contribution is 5.85. The van der Waals surface area contributed by atoms with Crippen LogP contribution >= 0.6 is 24.8 Å². The third kappa shape index (κ3) is 7.13. The number of rotatable bonds is 6. The van der Waals surface area contributed by atoms with Gasteiger partial charge in [-0.2, -0.15) is 5.10 Å². The van der Waals surface area contributed by atoms with Crippen molar-refractivity contribution in [3.63, 3.8) is 0 Å². The van der Waals surface area contributed by atoms with Crippen LogP contribution in [0.5, 0.6) is 0 Å². The zero-order valence-electron chi connectivity index (χ0n) is 12.4. The van der Waals surface area contributed by atoms with Gasteiger partial charge in [-0.3, -0.25) is 9.48 Å². The van der Waals surface area contributed by atoms with Crippen LogP contribution in [0.2, 0.25) is 0 Å². The Balaban J connectivity index is 0.00000200. The van der Waals surface area contributed by atoms with Crippen molar-refractivity contribution in [3.8, 4) is 0 Å². The second kappa shape index (κ2) is 10.8. The van der Waals surface area contributed by atoms with E-state index in [-0.39, 0.29) is 30.7 Å². The molecule has 0 radical (unpaired) electrons. The molecule has 1 aromatic heterocycles. The minimum absolute atomic E-state index is 0. The molecule has 122 valence electrons. The highest BCUT2D eigenvalue weighted by atomic mass is 35.5. The fraction of sp³-hybridized carbons (Fsp3) is 0.692. The van der Waals surface area contributed by atoms with E-state index in [1.807, 2.05) is 21.8 Å². The first kappa shape index (κ1) is 20.2. The van der Waals surface area contributed by atoms with Crippen molar-refractivity contribution in [2.75, 3.05) is 46.3 Å². The molecule has 1 fully saturated rings. The van der Waals surface area contributed by atoms with Gasteiger partial charge in [-0.15, -0.1) is 24.8 Å². The molecule has 2 rings (SSSR count). The molecule has 1 N–H and O–H groups in total. The van der Waals surface area contributed by atoms with Crippen molar-refractivity contribution in [1.82, 2.24) is 24.9 Å². The Kier molecular flexibility index (Phi) is 10.4. The van der Waals surface area contributed by atoms with Crippen LogP contribution in [0, 0.1) is 0 Å². The van der Waals surface area contributed by atoms with E-state index in [9.17, 15) is 4.79 Å². The van der Waals surface area contributed by atoms with Crippen LogP contribution in [0.4, 0.5) is 0 Å². The summed E-state index contributed by atoms with van der Waals surface area (Å²) in [6.45, 7) is 6.11. The SMILES string of the molecule is CN(CCC(=O)N1CCNCC1)CCn1cccn1.Cl.Cl. The Labute approximate surface area is 138 Å². The smallest absolute Gasteiger partial charge is 0.223 e. The van der Waals surface area contributed by atoms with Crippen LogP contribution in [0.1, 0.15) is 6.42 Å². The summed E-state index contributed by atoms with van der Waals surface area (Å²) in [5, 5.41) is 7.42. The number of hydrogen-bond acceptors (Lipinski definition) is 4. The lowest BCUT2D eigenvalue weighted by Gasteiger charge is -2.28. The van der Waals surface area contributed by atoms with Gasteiger partial charge in [-0.25, -0.2) is 0 Å². The average Bonchev–Trinajstić information content (AvgIpc) is 2.96. The predicted octanol–water partition coefficient (Wildman–Crippen LogP) is 0.480. The lowest BCUT2D eigenvalue weighted by atomic mass is 10.3. The standard InChI is InChI=1S/C13H23N5O.2ClH/c1-16(11-12-18-7-2-4-15-18)8-3-13(19)17-9-5-14-6-10-17;;/h2,4,7,14H,3,5-6,8-12H2,1H3;2*1H. The van der Waals surface area contributed by atoms with Gasteiger partial charge in [0, 0.05) is 58.1 Å². The molecule has 2 heterocycles. The third-order valence-electron chi connectivity index (χ3n) is 3.45. The monoisotopic (exact) mass is 337 g/mol. The summed E-state index contributed by atoms with van der Waals surface area (Å²) >= 11 is 0. The summed E-state index contributed by atoms with van der Waals surface area (Å²) in [6, 6.07) is 1.92. The number of carbonyl (C=O) groups is 1. The van der Waals surface area contributed by atoms with Crippen molar-refractivity contribution in [2.24, 2.45) is 0 Å². The summed E-state index contributed by atoms with van der Waals surface area (Å²) in [6.07, 6.45) is 4.35. The van der Waals surface area contributed by atoms with Crippen molar-refractivity contribution >= 4 is 30.7 Å². The van der Waals surface area contributed by atoms with Gasteiger partial charge in [0.1, 0.15) is 0 Å². The summed E-state index contributed by atoms with van der Waals surface area (Å²) in [7, 11) is 2.05. The van der Waals surface area contributed by atoms with Gasteiger partial charge < -0.3 is 15.1 Å². The van der Waals surface area contributed by atoms with Gasteiger partial charge in [-0.05, 0) is 13.1 Å². The van der Waals surface area contributed by atoms with Crippen molar-refractivity contribution in [1.29, 1.82) is 0 Å². The van der Waals surface area contributed by atoms with Gasteiger partial charge in [0.05, 0.1) is 6.54 Å². The highest BCUT2D eigenvalue weighted by Crippen LogP contribution is 1.99. The van der Waals surface area contributed by atoms with Crippen molar-refractivity contribution in [2.45, 2.75) is 13.0 Å². The summed E-state index contributed by atoms with van der Waals surface area (Å²) in [4.78, 5) is 16.1. The quantitative estimate of drug-likeness (QED) is 0.820. The summed E-state index contributed by atoms with van der Waals surface area (Å²) in [5.41, 5.74) is 0. The number of halogens is 2. The second-order valence-corrected chi connectivity index (χ2v) is 4.95. The normalized spacial score (nSPS) is 14.5. The molecular formula is C13H25Cl2N5O. The molecule has 0 spiro atoms. The molecule has 1 aromatic rings. The molecule has 0 bridgehead atoms. The number of hydrogen-bond donors (Lipinski definition) is 1. The number of nitrogens with one attached hydrogen (secondary N) is 1. The Morgan fingerprint density at radius 1 is 1.29 bits per heavy atom. The zero-order valence-corrected chi connectivity index (χ0v) is 14.0. The second-order valence-electron chi connectivity index (χ2n) is 4.95. The lowest BCUT2D eigenvalue weighted by Crippen LogP contribution is -2.47. The number of piperazine rings is 1. The van der Waals surface area contributed by atoms with Gasteiger partial charge >= 0.3 is 0 Å². The van der Waals surface area contributed by atoms with Crippen LogP contribution in [-0.4, -0.2) is 71.8 Å². The van der Waals surface area contributed by atoms with E-state index in [2.05, 4.69) is 22.4 Å². The molecule has 1 saturated heterocycles. The van der Waals surface area contributed by atoms with Crippen LogP contribution in [0.3, 0.4) is 0 Å². The first-order chi connectivity index (χ1) is 9.25. The van der Waals surface area contributed by atoms with E-state index in [0.29, 0.717) is 6.42 Å². The maximum absolute atomic E-state index is 12.0. The minimum atomic E-state index is 0. The van der Waals surface area contributed by atoms with E-state index in [1.54, 1.807) is 6.20 Å². The fourth-order valence-electron chi connectivity index (χ4n) is 2.18. The Hall–Kier alpha value is -0.820. The minimum Gasteiger partial charge on any atom is -0.340 e. The van der Waals surface area contributed by atoms with Gasteiger partial charge in [-0.1, -0.05) is 0 Å². The number of aromatic nitrogens is 2. The van der Waals surface area contributed by atoms with Gasteiger partial charge in [0.25, 0.3) is 0 Å². The third-order valence-corrected chi connectivity index (χ3v) is 3.45. The van der Waals surface area contributed by atoms with Crippen molar-refractivity contribution < 1.29 is 4.79 Å². The van der Waals surface area contributed by atoms with Crippen LogP contribution in [0.15, 0.2) is 18.5 Å². The van der Waals surface area contributed by atoms with E-state index >= 15 is 0 Å². The van der Waals surface area contributed by atoms with Crippen LogP contribution in [-0.2, 0) is 11.3 Å². The molecule has 0 aromatic carbocycles. The number of amides is 1. The molecule has 6 nitrogen and oxygen atoms in total.